The molecule has 0 spiro atoms. The number of hydrogen-bond acceptors (Lipinski definition) is 0. The van der Waals surface area contributed by atoms with Gasteiger partial charge in [0.2, 0.25) is 0 Å². The van der Waals surface area contributed by atoms with Crippen molar-refractivity contribution >= 4 is 22.9 Å². The van der Waals surface area contributed by atoms with Crippen molar-refractivity contribution in [3.05, 3.63) is 58.5 Å². The summed E-state index contributed by atoms with van der Waals surface area (Å²) in [6.45, 7) is 2.15. The summed E-state index contributed by atoms with van der Waals surface area (Å²) in [6, 6.07) is 10.8. The van der Waals surface area contributed by atoms with Gasteiger partial charge in [-0.15, -0.1) is 0 Å². The van der Waals surface area contributed by atoms with Crippen molar-refractivity contribution in [2.45, 2.75) is 6.92 Å². The maximum Gasteiger partial charge on any atom is 0.163 e. The molecular weight excluding hydrogens is 180 g/mol. The first-order valence-electron chi connectivity index (χ1n) is 5.15. The van der Waals surface area contributed by atoms with Crippen molar-refractivity contribution in [3.8, 4) is 0 Å². The highest BCUT2D eigenvalue weighted by atomic mass is 14.0. The summed E-state index contributed by atoms with van der Waals surface area (Å²) in [5.41, 5.74) is 1.33. The lowest BCUT2D eigenvalue weighted by atomic mass is 10.0. The minimum atomic E-state index is 1.22. The van der Waals surface area contributed by atoms with E-state index in [2.05, 4.69) is 49.4 Å². The van der Waals surface area contributed by atoms with Gasteiger partial charge in [-0.05, 0) is 30.7 Å². The molecule has 1 aliphatic rings. The van der Waals surface area contributed by atoms with Crippen LogP contribution >= 0.6 is 0 Å². The van der Waals surface area contributed by atoms with Crippen LogP contribution in [0.3, 0.4) is 0 Å². The molecule has 3 rings (SSSR count). The van der Waals surface area contributed by atoms with E-state index in [0.29, 0.717) is 0 Å². The molecule has 2 aromatic rings. The second-order valence-electron chi connectivity index (χ2n) is 3.87. The Hall–Kier alpha value is -1.91. The lowest BCUT2D eigenvalue weighted by Crippen LogP contribution is -2.25. The van der Waals surface area contributed by atoms with Crippen LogP contribution in [-0.2, 0) is 0 Å². The van der Waals surface area contributed by atoms with E-state index in [1.807, 2.05) is 12.2 Å². The van der Waals surface area contributed by atoms with Crippen LogP contribution in [-0.4, -0.2) is 0 Å². The van der Waals surface area contributed by atoms with E-state index in [9.17, 15) is 0 Å². The minimum absolute atomic E-state index is 1.22. The fourth-order valence-electron chi connectivity index (χ4n) is 2.12. The Bertz CT molecular complexity index is 673. The summed E-state index contributed by atoms with van der Waals surface area (Å²) in [5.74, 6) is 0. The van der Waals surface area contributed by atoms with E-state index in [0.717, 1.165) is 0 Å². The molecule has 0 aliphatic heterocycles. The first kappa shape index (κ1) is 8.40. The highest BCUT2D eigenvalue weighted by molar-refractivity contribution is 5.87. The molecule has 0 radical (unpaired) electrons. The quantitative estimate of drug-likeness (QED) is 0.560. The summed E-state index contributed by atoms with van der Waals surface area (Å²) in [6.07, 6.45) is 9.46. The smallest absolute Gasteiger partial charge is 0.0569 e. The first-order valence-corrected chi connectivity index (χ1v) is 5.15. The summed E-state index contributed by atoms with van der Waals surface area (Å²) in [7, 11) is 0. The van der Waals surface area contributed by atoms with Crippen LogP contribution < -0.4 is 10.4 Å². The predicted octanol–water partition coefficient (Wildman–Crippen LogP) is 2.16. The van der Waals surface area contributed by atoms with Crippen molar-refractivity contribution < 1.29 is 0 Å². The molecule has 0 aromatic heterocycles. The van der Waals surface area contributed by atoms with Crippen LogP contribution in [0.25, 0.3) is 22.9 Å². The van der Waals surface area contributed by atoms with Gasteiger partial charge in [0, 0.05) is 23.6 Å². The molecule has 2 aromatic carbocycles. The van der Waals surface area contributed by atoms with E-state index in [4.69, 9.17) is 0 Å². The zero-order valence-corrected chi connectivity index (χ0v) is 8.62. The molecule has 0 unspecified atom stereocenters. The summed E-state index contributed by atoms with van der Waals surface area (Å²) in [5, 5.41) is 5.11. The van der Waals surface area contributed by atoms with E-state index in [1.54, 1.807) is 0 Å². The second-order valence-corrected chi connectivity index (χ2v) is 3.87. The molecule has 0 saturated carbocycles. The van der Waals surface area contributed by atoms with E-state index >= 15 is 0 Å². The zero-order chi connectivity index (χ0) is 10.3. The number of benzene rings is 2. The lowest BCUT2D eigenvalue weighted by molar-refractivity contribution is 1.50. The van der Waals surface area contributed by atoms with Gasteiger partial charge < -0.3 is 0 Å². The van der Waals surface area contributed by atoms with Crippen LogP contribution in [0, 0.1) is 6.92 Å². The van der Waals surface area contributed by atoms with Gasteiger partial charge in [0.15, 0.2) is 5.22 Å². The Labute approximate surface area is 88.9 Å². The Morgan fingerprint density at radius 2 is 1.93 bits per heavy atom. The summed E-state index contributed by atoms with van der Waals surface area (Å²) >= 11 is 0. The highest BCUT2D eigenvalue weighted by Crippen LogP contribution is 2.13. The lowest BCUT2D eigenvalue weighted by Gasteiger charge is -1.98. The normalized spacial score (nSPS) is 12.6. The van der Waals surface area contributed by atoms with Crippen molar-refractivity contribution in [3.63, 3.8) is 0 Å². The fraction of sp³-hybridized carbons (Fsp3) is 0.0667. The molecule has 0 amide bonds. The van der Waals surface area contributed by atoms with Crippen molar-refractivity contribution in [2.75, 3.05) is 0 Å². The van der Waals surface area contributed by atoms with Crippen molar-refractivity contribution in [2.24, 2.45) is 0 Å². The fourth-order valence-corrected chi connectivity index (χ4v) is 2.12. The number of rotatable bonds is 0. The average Bonchev–Trinajstić information content (AvgIpc) is 2.29. The number of allylic oxidation sites excluding steroid dienone is 2. The summed E-state index contributed by atoms with van der Waals surface area (Å²) in [4.78, 5) is 0. The van der Waals surface area contributed by atoms with Crippen LogP contribution in [0.5, 0.6) is 0 Å². The van der Waals surface area contributed by atoms with Gasteiger partial charge in [-0.1, -0.05) is 12.1 Å². The molecule has 15 heavy (non-hydrogen) atoms. The SMILES string of the molecule is Cc1cccc2c3c(ccc12)=CC=C[C+]=3. The first-order chi connectivity index (χ1) is 7.36. The molecule has 0 nitrogen and oxygen atoms in total. The van der Waals surface area contributed by atoms with Gasteiger partial charge in [-0.2, -0.15) is 0 Å². The molecule has 0 atom stereocenters. The van der Waals surface area contributed by atoms with Crippen molar-refractivity contribution in [1.29, 1.82) is 0 Å². The van der Waals surface area contributed by atoms with Gasteiger partial charge in [0.25, 0.3) is 0 Å². The Morgan fingerprint density at radius 1 is 1.00 bits per heavy atom. The van der Waals surface area contributed by atoms with E-state index in [-0.39, 0.29) is 0 Å². The van der Waals surface area contributed by atoms with Gasteiger partial charge in [0.05, 0.1) is 16.7 Å². The third-order valence-electron chi connectivity index (χ3n) is 2.91. The average molecular weight is 191 g/mol. The van der Waals surface area contributed by atoms with Gasteiger partial charge in [0.1, 0.15) is 0 Å². The van der Waals surface area contributed by atoms with Crippen LogP contribution in [0.2, 0.25) is 0 Å². The largest absolute Gasteiger partial charge is 0.163 e. The number of aryl methyl sites for hydroxylation is 1. The third kappa shape index (κ3) is 1.20. The number of hydrogen-bond donors (Lipinski definition) is 0. The van der Waals surface area contributed by atoms with Crippen LogP contribution in [0.1, 0.15) is 5.56 Å². The predicted molar refractivity (Wildman–Crippen MR) is 64.9 cm³/mol. The summed E-state index contributed by atoms with van der Waals surface area (Å²) < 4.78 is 0. The molecule has 1 aliphatic carbocycles. The molecule has 0 heterocycles. The third-order valence-corrected chi connectivity index (χ3v) is 2.91. The van der Waals surface area contributed by atoms with Gasteiger partial charge in [-0.3, -0.25) is 0 Å². The molecule has 0 saturated heterocycles. The topological polar surface area (TPSA) is 0 Å². The highest BCUT2D eigenvalue weighted by Gasteiger charge is 2.06. The van der Waals surface area contributed by atoms with Crippen LogP contribution in [0.15, 0.2) is 42.5 Å². The monoisotopic (exact) mass is 191 g/mol. The maximum atomic E-state index is 3.32. The second kappa shape index (κ2) is 3.05. The molecule has 0 heteroatoms. The van der Waals surface area contributed by atoms with Crippen LogP contribution in [0.4, 0.5) is 0 Å². The Kier molecular flexibility index (Phi) is 1.71. The zero-order valence-electron chi connectivity index (χ0n) is 8.62. The molecular formula is C15H11+. The minimum Gasteiger partial charge on any atom is -0.0569 e. The van der Waals surface area contributed by atoms with Gasteiger partial charge >= 0.3 is 0 Å². The number of fused-ring (bicyclic) bond motifs is 3. The maximum absolute atomic E-state index is 3.32. The molecule has 0 N–H and O–H groups in total. The Morgan fingerprint density at radius 3 is 2.87 bits per heavy atom. The van der Waals surface area contributed by atoms with E-state index < -0.39 is 0 Å². The van der Waals surface area contributed by atoms with E-state index in [1.165, 1.54) is 26.8 Å². The molecule has 70 valence electrons. The van der Waals surface area contributed by atoms with Gasteiger partial charge in [-0.25, -0.2) is 0 Å². The molecule has 0 bridgehead atoms. The molecule has 0 fully saturated rings. The standard InChI is InChI=1S/C15H11/c1-11-5-4-8-15-13(11)10-9-12-6-2-3-7-14(12)15/h2-6,8-10H,1H3/q+1. The van der Waals surface area contributed by atoms with Crippen molar-refractivity contribution in [1.82, 2.24) is 0 Å². The Balaban J connectivity index is 2.63.